The highest BCUT2D eigenvalue weighted by Crippen LogP contribution is 2.12. The Balaban J connectivity index is 1.80. The average molecular weight is 350 g/mol. The first-order valence-corrected chi connectivity index (χ1v) is 9.23. The van der Waals surface area contributed by atoms with E-state index in [-0.39, 0.29) is 5.78 Å². The van der Waals surface area contributed by atoms with Crippen molar-refractivity contribution in [3.05, 3.63) is 113 Å². The van der Waals surface area contributed by atoms with E-state index >= 15 is 0 Å². The number of allylic oxidation sites excluding steroid dienone is 1. The van der Waals surface area contributed by atoms with Gasteiger partial charge in [0.1, 0.15) is 0 Å². The molecular weight excluding hydrogens is 328 g/mol. The molecule has 0 radical (unpaired) electrons. The van der Waals surface area contributed by atoms with E-state index in [4.69, 9.17) is 0 Å². The number of carbonyl (C=O) groups excluding carboxylic acids is 1. The Morgan fingerprint density at radius 3 is 2.30 bits per heavy atom. The fourth-order valence-corrected chi connectivity index (χ4v) is 2.82. The molecule has 0 bridgehead atoms. The standard InChI is InChI=1S/C26H22O/c1-2-8-21-13-15-23(16-14-21)17-19-24-11-6-7-12-25(24)26(27)20-18-22-9-4-3-5-10-22/h3-7,9-16,18,20H,2,8H2,1H3/b20-18+. The van der Waals surface area contributed by atoms with Crippen molar-refractivity contribution in [3.63, 3.8) is 0 Å². The molecule has 3 aromatic carbocycles. The number of hydrogen-bond acceptors (Lipinski definition) is 1. The summed E-state index contributed by atoms with van der Waals surface area (Å²) in [5, 5.41) is 0. The largest absolute Gasteiger partial charge is 0.289 e. The molecule has 0 saturated heterocycles. The van der Waals surface area contributed by atoms with Gasteiger partial charge in [0.15, 0.2) is 5.78 Å². The SMILES string of the molecule is CCCc1ccc(C#Cc2ccccc2C(=O)/C=C/c2ccccc2)cc1. The smallest absolute Gasteiger partial charge is 0.187 e. The van der Waals surface area contributed by atoms with Gasteiger partial charge in [-0.25, -0.2) is 0 Å². The molecule has 0 spiro atoms. The van der Waals surface area contributed by atoms with Crippen LogP contribution in [0.25, 0.3) is 6.08 Å². The topological polar surface area (TPSA) is 17.1 Å². The first-order valence-electron chi connectivity index (χ1n) is 9.23. The predicted octanol–water partition coefficient (Wildman–Crippen LogP) is 5.94. The minimum Gasteiger partial charge on any atom is -0.289 e. The highest BCUT2D eigenvalue weighted by Gasteiger charge is 2.06. The summed E-state index contributed by atoms with van der Waals surface area (Å²) in [4.78, 5) is 12.6. The Kier molecular flexibility index (Phi) is 6.39. The Bertz CT molecular complexity index is 984. The van der Waals surface area contributed by atoms with Crippen molar-refractivity contribution in [1.29, 1.82) is 0 Å². The van der Waals surface area contributed by atoms with E-state index < -0.39 is 0 Å². The molecule has 27 heavy (non-hydrogen) atoms. The second-order valence-corrected chi connectivity index (χ2v) is 6.35. The third-order valence-electron chi connectivity index (χ3n) is 4.25. The summed E-state index contributed by atoms with van der Waals surface area (Å²) in [7, 11) is 0. The van der Waals surface area contributed by atoms with E-state index in [1.807, 2.05) is 72.8 Å². The molecule has 0 fully saturated rings. The molecule has 0 aliphatic carbocycles. The van der Waals surface area contributed by atoms with Gasteiger partial charge in [-0.05, 0) is 47.9 Å². The highest BCUT2D eigenvalue weighted by molar-refractivity contribution is 6.08. The lowest BCUT2D eigenvalue weighted by molar-refractivity contribution is 0.104. The Hall–Kier alpha value is -3.37. The number of hydrogen-bond donors (Lipinski definition) is 0. The molecule has 0 unspecified atom stereocenters. The second-order valence-electron chi connectivity index (χ2n) is 6.35. The van der Waals surface area contributed by atoms with Gasteiger partial charge in [0.25, 0.3) is 0 Å². The lowest BCUT2D eigenvalue weighted by Crippen LogP contribution is -1.98. The zero-order valence-corrected chi connectivity index (χ0v) is 15.5. The second kappa shape index (κ2) is 9.36. The monoisotopic (exact) mass is 350 g/mol. The van der Waals surface area contributed by atoms with E-state index in [2.05, 4.69) is 30.9 Å². The van der Waals surface area contributed by atoms with Crippen LogP contribution in [-0.4, -0.2) is 5.78 Å². The minimum absolute atomic E-state index is 0.0398. The van der Waals surface area contributed by atoms with Gasteiger partial charge in [0.2, 0.25) is 0 Å². The van der Waals surface area contributed by atoms with Crippen LogP contribution < -0.4 is 0 Å². The van der Waals surface area contributed by atoms with E-state index in [0.29, 0.717) is 5.56 Å². The molecule has 0 amide bonds. The molecule has 0 heterocycles. The molecular formula is C26H22O. The first-order chi connectivity index (χ1) is 13.3. The van der Waals surface area contributed by atoms with Crippen molar-refractivity contribution >= 4 is 11.9 Å². The molecule has 0 aliphatic rings. The van der Waals surface area contributed by atoms with Crippen molar-refractivity contribution in [3.8, 4) is 11.8 Å². The molecule has 132 valence electrons. The maximum Gasteiger partial charge on any atom is 0.187 e. The molecule has 0 saturated carbocycles. The van der Waals surface area contributed by atoms with E-state index in [0.717, 1.165) is 29.5 Å². The van der Waals surface area contributed by atoms with Crippen molar-refractivity contribution in [1.82, 2.24) is 0 Å². The summed E-state index contributed by atoms with van der Waals surface area (Å²) in [5.41, 5.74) is 4.65. The fourth-order valence-electron chi connectivity index (χ4n) is 2.82. The summed E-state index contributed by atoms with van der Waals surface area (Å²) in [5.74, 6) is 6.29. The molecule has 3 aromatic rings. The summed E-state index contributed by atoms with van der Waals surface area (Å²) >= 11 is 0. The van der Waals surface area contributed by atoms with Crippen LogP contribution in [0.15, 0.2) is 84.9 Å². The van der Waals surface area contributed by atoms with Crippen LogP contribution in [0.4, 0.5) is 0 Å². The number of rotatable bonds is 5. The van der Waals surface area contributed by atoms with Gasteiger partial charge in [-0.15, -0.1) is 0 Å². The first kappa shape index (κ1) is 18.4. The lowest BCUT2D eigenvalue weighted by atomic mass is 10.0. The minimum atomic E-state index is -0.0398. The normalized spacial score (nSPS) is 10.4. The maximum absolute atomic E-state index is 12.6. The van der Waals surface area contributed by atoms with Crippen molar-refractivity contribution in [2.24, 2.45) is 0 Å². The number of ketones is 1. The lowest BCUT2D eigenvalue weighted by Gasteiger charge is -2.00. The van der Waals surface area contributed by atoms with Gasteiger partial charge in [-0.3, -0.25) is 4.79 Å². The molecule has 0 atom stereocenters. The molecule has 0 N–H and O–H groups in total. The quantitative estimate of drug-likeness (QED) is 0.316. The van der Waals surface area contributed by atoms with E-state index in [1.54, 1.807) is 6.08 Å². The van der Waals surface area contributed by atoms with Crippen molar-refractivity contribution in [2.45, 2.75) is 19.8 Å². The van der Waals surface area contributed by atoms with Gasteiger partial charge in [0, 0.05) is 16.7 Å². The molecule has 0 aromatic heterocycles. The van der Waals surface area contributed by atoms with Crippen molar-refractivity contribution < 1.29 is 4.79 Å². The van der Waals surface area contributed by atoms with Crippen LogP contribution in [-0.2, 0) is 6.42 Å². The van der Waals surface area contributed by atoms with Gasteiger partial charge >= 0.3 is 0 Å². The maximum atomic E-state index is 12.6. The Morgan fingerprint density at radius 1 is 0.852 bits per heavy atom. The highest BCUT2D eigenvalue weighted by atomic mass is 16.1. The van der Waals surface area contributed by atoms with Gasteiger partial charge < -0.3 is 0 Å². The zero-order valence-electron chi connectivity index (χ0n) is 15.5. The van der Waals surface area contributed by atoms with Crippen LogP contribution in [0.1, 0.15) is 46.0 Å². The molecule has 1 heteroatoms. The number of aryl methyl sites for hydroxylation is 1. The summed E-state index contributed by atoms with van der Waals surface area (Å²) in [6.45, 7) is 2.17. The van der Waals surface area contributed by atoms with Crippen molar-refractivity contribution in [2.75, 3.05) is 0 Å². The fraction of sp³-hybridized carbons (Fsp3) is 0.115. The van der Waals surface area contributed by atoms with Crippen LogP contribution in [0.2, 0.25) is 0 Å². The number of benzene rings is 3. The average Bonchev–Trinajstić information content (AvgIpc) is 2.73. The molecule has 1 nitrogen and oxygen atoms in total. The van der Waals surface area contributed by atoms with E-state index in [1.165, 1.54) is 5.56 Å². The van der Waals surface area contributed by atoms with Crippen LogP contribution >= 0.6 is 0 Å². The third-order valence-corrected chi connectivity index (χ3v) is 4.25. The predicted molar refractivity (Wildman–Crippen MR) is 113 cm³/mol. The van der Waals surface area contributed by atoms with Crippen LogP contribution in [0, 0.1) is 11.8 Å². The molecule has 3 rings (SSSR count). The Labute approximate surface area is 161 Å². The van der Waals surface area contributed by atoms with Gasteiger partial charge in [-0.2, -0.15) is 0 Å². The van der Waals surface area contributed by atoms with E-state index in [9.17, 15) is 4.79 Å². The summed E-state index contributed by atoms with van der Waals surface area (Å²) in [6.07, 6.45) is 5.66. The zero-order chi connectivity index (χ0) is 18.9. The summed E-state index contributed by atoms with van der Waals surface area (Å²) < 4.78 is 0. The van der Waals surface area contributed by atoms with Gasteiger partial charge in [-0.1, -0.05) is 85.9 Å². The molecule has 0 aliphatic heterocycles. The van der Waals surface area contributed by atoms with Crippen LogP contribution in [0.5, 0.6) is 0 Å². The van der Waals surface area contributed by atoms with Gasteiger partial charge in [0.05, 0.1) is 0 Å². The van der Waals surface area contributed by atoms with Crippen LogP contribution in [0.3, 0.4) is 0 Å². The third kappa shape index (κ3) is 5.30. The summed E-state index contributed by atoms with van der Waals surface area (Å²) in [6, 6.07) is 25.6. The number of carbonyl (C=O) groups is 1. The Morgan fingerprint density at radius 2 is 1.56 bits per heavy atom.